The summed E-state index contributed by atoms with van der Waals surface area (Å²) in [4.78, 5) is 0. The molecule has 2 heteroatoms. The molecule has 1 aromatic carbocycles. The summed E-state index contributed by atoms with van der Waals surface area (Å²) in [5, 5.41) is 3.41. The van der Waals surface area contributed by atoms with Crippen LogP contribution < -0.4 is 5.32 Å². The van der Waals surface area contributed by atoms with Gasteiger partial charge in [-0.1, -0.05) is 54.4 Å². The Morgan fingerprint density at radius 3 is 2.53 bits per heavy atom. The molecule has 0 heterocycles. The van der Waals surface area contributed by atoms with Crippen molar-refractivity contribution in [2.24, 2.45) is 0 Å². The molecule has 0 aromatic heterocycles. The van der Waals surface area contributed by atoms with Gasteiger partial charge in [-0.2, -0.15) is 0 Å². The van der Waals surface area contributed by atoms with E-state index in [4.69, 9.17) is 0 Å². The molecule has 0 aliphatic carbocycles. The molecule has 2 atom stereocenters. The fourth-order valence-electron chi connectivity index (χ4n) is 2.02. The molecule has 0 saturated heterocycles. The Labute approximate surface area is 101 Å². The van der Waals surface area contributed by atoms with Gasteiger partial charge in [0.05, 0.1) is 0 Å². The zero-order chi connectivity index (χ0) is 11.3. The van der Waals surface area contributed by atoms with Gasteiger partial charge in [-0.25, -0.2) is 0 Å². The minimum Gasteiger partial charge on any atom is -0.316 e. The molecule has 0 saturated carbocycles. The van der Waals surface area contributed by atoms with Gasteiger partial charge >= 0.3 is 0 Å². The number of nitrogens with one attached hydrogen (secondary N) is 1. The summed E-state index contributed by atoms with van der Waals surface area (Å²) in [6.07, 6.45) is 2.44. The SMILES string of the molecule is CCCC(NC)C(C)c1ccccc1Br. The van der Waals surface area contributed by atoms with Gasteiger partial charge < -0.3 is 5.32 Å². The third-order valence-electron chi connectivity index (χ3n) is 2.97. The van der Waals surface area contributed by atoms with Crippen molar-refractivity contribution in [1.82, 2.24) is 5.32 Å². The van der Waals surface area contributed by atoms with Crippen LogP contribution in [0.25, 0.3) is 0 Å². The highest BCUT2D eigenvalue weighted by molar-refractivity contribution is 9.10. The fraction of sp³-hybridized carbons (Fsp3) is 0.538. The quantitative estimate of drug-likeness (QED) is 0.854. The van der Waals surface area contributed by atoms with Crippen molar-refractivity contribution in [3.8, 4) is 0 Å². The van der Waals surface area contributed by atoms with Crippen LogP contribution in [0.5, 0.6) is 0 Å². The molecule has 1 nitrogen and oxygen atoms in total. The summed E-state index contributed by atoms with van der Waals surface area (Å²) in [5.41, 5.74) is 1.39. The van der Waals surface area contributed by atoms with Crippen molar-refractivity contribution in [2.75, 3.05) is 7.05 Å². The van der Waals surface area contributed by atoms with E-state index in [-0.39, 0.29) is 0 Å². The third-order valence-corrected chi connectivity index (χ3v) is 3.69. The molecule has 0 fully saturated rings. The van der Waals surface area contributed by atoms with Crippen molar-refractivity contribution >= 4 is 15.9 Å². The average molecular weight is 270 g/mol. The summed E-state index contributed by atoms with van der Waals surface area (Å²) in [6.45, 7) is 4.52. The molecule has 0 aliphatic rings. The van der Waals surface area contributed by atoms with Crippen LogP contribution in [0.4, 0.5) is 0 Å². The highest BCUT2D eigenvalue weighted by Gasteiger charge is 2.17. The molecule has 15 heavy (non-hydrogen) atoms. The largest absolute Gasteiger partial charge is 0.316 e. The molecule has 1 N–H and O–H groups in total. The average Bonchev–Trinajstić information content (AvgIpc) is 2.25. The van der Waals surface area contributed by atoms with Gasteiger partial charge in [0.15, 0.2) is 0 Å². The van der Waals surface area contributed by atoms with E-state index in [2.05, 4.69) is 59.4 Å². The van der Waals surface area contributed by atoms with Gasteiger partial charge in [-0.05, 0) is 31.0 Å². The van der Waals surface area contributed by atoms with Crippen LogP contribution in [0.15, 0.2) is 28.7 Å². The van der Waals surface area contributed by atoms with Gasteiger partial charge in [-0.15, -0.1) is 0 Å². The fourth-order valence-corrected chi connectivity index (χ4v) is 2.66. The minimum atomic E-state index is 0.547. The first-order valence-electron chi connectivity index (χ1n) is 5.62. The van der Waals surface area contributed by atoms with E-state index in [1.807, 2.05) is 7.05 Å². The van der Waals surface area contributed by atoms with E-state index in [0.29, 0.717) is 12.0 Å². The Hall–Kier alpha value is -0.340. The van der Waals surface area contributed by atoms with Crippen LogP contribution in [0.3, 0.4) is 0 Å². The second-order valence-corrected chi connectivity index (χ2v) is 4.85. The van der Waals surface area contributed by atoms with Crippen molar-refractivity contribution in [3.05, 3.63) is 34.3 Å². The molecule has 2 unspecified atom stereocenters. The van der Waals surface area contributed by atoms with Gasteiger partial charge in [0, 0.05) is 10.5 Å². The highest BCUT2D eigenvalue weighted by atomic mass is 79.9. The Balaban J connectivity index is 2.82. The summed E-state index contributed by atoms with van der Waals surface area (Å²) in [5.74, 6) is 0.547. The standard InChI is InChI=1S/C13H20BrN/c1-4-7-13(15-3)10(2)11-8-5-6-9-12(11)14/h5-6,8-10,13,15H,4,7H2,1-3H3. The Kier molecular flexibility index (Phi) is 5.34. The normalized spacial score (nSPS) is 14.9. The summed E-state index contributed by atoms with van der Waals surface area (Å²) in [7, 11) is 2.05. The molecule has 0 aliphatic heterocycles. The lowest BCUT2D eigenvalue weighted by atomic mass is 9.91. The Bertz CT molecular complexity index is 298. The Morgan fingerprint density at radius 1 is 1.33 bits per heavy atom. The lowest BCUT2D eigenvalue weighted by molar-refractivity contribution is 0.450. The molecule has 0 amide bonds. The van der Waals surface area contributed by atoms with Crippen LogP contribution in [0.2, 0.25) is 0 Å². The molecule has 0 radical (unpaired) electrons. The third kappa shape index (κ3) is 3.32. The van der Waals surface area contributed by atoms with E-state index in [0.717, 1.165) is 0 Å². The first-order valence-corrected chi connectivity index (χ1v) is 6.41. The summed E-state index contributed by atoms with van der Waals surface area (Å²) in [6, 6.07) is 9.05. The second-order valence-electron chi connectivity index (χ2n) is 3.99. The maximum absolute atomic E-state index is 3.62. The predicted molar refractivity (Wildman–Crippen MR) is 70.3 cm³/mol. The monoisotopic (exact) mass is 269 g/mol. The maximum Gasteiger partial charge on any atom is 0.0210 e. The summed E-state index contributed by atoms with van der Waals surface area (Å²) < 4.78 is 1.22. The van der Waals surface area contributed by atoms with E-state index in [1.165, 1.54) is 22.9 Å². The van der Waals surface area contributed by atoms with Crippen molar-refractivity contribution in [3.63, 3.8) is 0 Å². The number of hydrogen-bond donors (Lipinski definition) is 1. The minimum absolute atomic E-state index is 0.547. The van der Waals surface area contributed by atoms with Crippen LogP contribution in [0, 0.1) is 0 Å². The van der Waals surface area contributed by atoms with Crippen molar-refractivity contribution < 1.29 is 0 Å². The lowest BCUT2D eigenvalue weighted by Gasteiger charge is -2.24. The smallest absolute Gasteiger partial charge is 0.0210 e. The van der Waals surface area contributed by atoms with Crippen LogP contribution in [0.1, 0.15) is 38.2 Å². The molecular weight excluding hydrogens is 250 g/mol. The molecular formula is C13H20BrN. The van der Waals surface area contributed by atoms with Gasteiger partial charge in [-0.3, -0.25) is 0 Å². The van der Waals surface area contributed by atoms with Crippen molar-refractivity contribution in [2.45, 2.75) is 38.6 Å². The Morgan fingerprint density at radius 2 is 2.00 bits per heavy atom. The van der Waals surface area contributed by atoms with Gasteiger partial charge in [0.2, 0.25) is 0 Å². The van der Waals surface area contributed by atoms with Crippen LogP contribution in [-0.2, 0) is 0 Å². The van der Waals surface area contributed by atoms with Crippen LogP contribution in [-0.4, -0.2) is 13.1 Å². The highest BCUT2D eigenvalue weighted by Crippen LogP contribution is 2.28. The van der Waals surface area contributed by atoms with E-state index in [9.17, 15) is 0 Å². The second kappa shape index (κ2) is 6.29. The number of likely N-dealkylation sites (N-methyl/N-ethyl adjacent to an activating group) is 1. The number of benzene rings is 1. The zero-order valence-electron chi connectivity index (χ0n) is 9.76. The van der Waals surface area contributed by atoms with Gasteiger partial charge in [0.1, 0.15) is 0 Å². The first kappa shape index (κ1) is 12.7. The predicted octanol–water partition coefficient (Wildman–Crippen LogP) is 3.94. The van der Waals surface area contributed by atoms with E-state index >= 15 is 0 Å². The molecule has 0 spiro atoms. The first-order chi connectivity index (χ1) is 7.20. The molecule has 1 aromatic rings. The van der Waals surface area contributed by atoms with E-state index < -0.39 is 0 Å². The van der Waals surface area contributed by atoms with Gasteiger partial charge in [0.25, 0.3) is 0 Å². The summed E-state index contributed by atoms with van der Waals surface area (Å²) >= 11 is 3.62. The topological polar surface area (TPSA) is 12.0 Å². The van der Waals surface area contributed by atoms with E-state index in [1.54, 1.807) is 0 Å². The molecule has 1 rings (SSSR count). The molecule has 84 valence electrons. The lowest BCUT2D eigenvalue weighted by Crippen LogP contribution is -2.30. The van der Waals surface area contributed by atoms with Crippen LogP contribution >= 0.6 is 15.9 Å². The zero-order valence-corrected chi connectivity index (χ0v) is 11.3. The number of rotatable bonds is 5. The van der Waals surface area contributed by atoms with Crippen molar-refractivity contribution in [1.29, 1.82) is 0 Å². The number of halogens is 1. The molecule has 0 bridgehead atoms. The number of hydrogen-bond acceptors (Lipinski definition) is 1. The maximum atomic E-state index is 3.62.